The Balaban J connectivity index is -0.000000107. The Morgan fingerprint density at radius 2 is 0.918 bits per heavy atom. The van der Waals surface area contributed by atoms with Gasteiger partial charge < -0.3 is 0 Å². The van der Waals surface area contributed by atoms with E-state index in [0.717, 1.165) is 49.7 Å². The van der Waals surface area contributed by atoms with Gasteiger partial charge in [0.15, 0.2) is 0 Å². The van der Waals surface area contributed by atoms with Crippen LogP contribution in [0.2, 0.25) is 0 Å². The van der Waals surface area contributed by atoms with Crippen molar-refractivity contribution in [1.29, 1.82) is 0 Å². The van der Waals surface area contributed by atoms with E-state index in [1.165, 1.54) is 44.1 Å². The summed E-state index contributed by atoms with van der Waals surface area (Å²) in [7, 11) is 0. The lowest BCUT2D eigenvalue weighted by Gasteiger charge is -2.22. The molecule has 2 unspecified atom stereocenters. The summed E-state index contributed by atoms with van der Waals surface area (Å²) in [6, 6.07) is 10.6. The first kappa shape index (κ1) is 102. The highest BCUT2D eigenvalue weighted by molar-refractivity contribution is 7.80. The molecular weight excluding hydrogens is 1090 g/mol. The summed E-state index contributed by atoms with van der Waals surface area (Å²) in [5.41, 5.74) is 3.39. The number of allylic oxidation sites excluding steroid dienone is 1. The molecule has 0 aliphatic heterocycles. The predicted molar refractivity (Wildman–Crippen MR) is 381 cm³/mol. The molecule has 1 aromatic carbocycles. The van der Waals surface area contributed by atoms with E-state index in [4.69, 9.17) is 6.42 Å². The molecule has 0 nitrogen and oxygen atoms in total. The maximum absolute atomic E-state index is 12.2. The summed E-state index contributed by atoms with van der Waals surface area (Å²) < 4.78 is 83.6. The van der Waals surface area contributed by atoms with Gasteiger partial charge in [-0.2, -0.15) is 25.8 Å². The van der Waals surface area contributed by atoms with Crippen molar-refractivity contribution in [1.82, 2.24) is 0 Å². The molecule has 1 saturated carbocycles. The highest BCUT2D eigenvalue weighted by atomic mass is 32.1. The minimum Gasteiger partial charge on any atom is -0.248 e. The molecule has 0 saturated heterocycles. The second-order valence-electron chi connectivity index (χ2n) is 35.4. The van der Waals surface area contributed by atoms with E-state index in [1.54, 1.807) is 34.6 Å². The molecule has 1 aliphatic rings. The second-order valence-corrected chi connectivity index (χ2v) is 35.7. The zero-order chi connectivity index (χ0) is 70.5. The molecule has 2 atom stereocenters. The number of hydrogen-bond donors (Lipinski definition) is 1. The van der Waals surface area contributed by atoms with Crippen molar-refractivity contribution in [3.05, 3.63) is 48.6 Å². The van der Waals surface area contributed by atoms with Crippen LogP contribution in [0, 0.1) is 73.4 Å². The quantitative estimate of drug-likeness (QED) is 0.103. The van der Waals surface area contributed by atoms with Gasteiger partial charge in [-0.05, 0) is 137 Å². The minimum absolute atomic E-state index is 0.0417. The standard InChI is InChI=1S/C10H14.C8H17F.C8H16.C7H13F3.C7H14F2.C7H15F.C7H14.C7H12.C6H14.C5H12S.C5H12/c1-10(2,3)9-7-5-4-6-8-9;1-7(9)5-6-8(2,3)4;1-8(2,3)6-7-4-5-7;1-6(2,3)4-5-7(8,9)10;1-6(2,3)5-7(4,8)9;1-6(8)5-7(2,3)4;2*1-5-6-7(2,3)4;1-4-5-6(2)3;1-5(2,3)4-6;1-4-5(2)3/h4-8H,1-3H3;7H,5-6H2,1-4H3;7H,4-6H2,1-3H3;4-5H2,1-3H3;5H2,1-4H3;6H,5H2,1-4H3;5H,1,6H2,2-4H3;1H,6H2,2-4H3;6H,4-5H2,1-3H3;6H,4H2,1-3H3;5H,4H2,1-3H3. The SMILES string of the molecule is C#CCC(C)(C)C.C=CCC(C)(C)C.CC(C)(C)CC(C)(F)F.CC(C)(C)CC1CC1.CC(C)(C)CCC(F)(F)F.CC(C)(C)CS.CC(C)(C)c1ccccc1.CC(F)CC(C)(C)C.CC(F)CCC(C)(C)C.CCC(C)C.CCCC(C)C. The summed E-state index contributed by atoms with van der Waals surface area (Å²) in [5.74, 6) is 3.93. The Morgan fingerprint density at radius 1 is 0.529 bits per heavy atom. The van der Waals surface area contributed by atoms with E-state index in [1.807, 2.05) is 47.6 Å². The number of benzene rings is 1. The lowest BCUT2D eigenvalue weighted by atomic mass is 9.87. The Labute approximate surface area is 537 Å². The smallest absolute Gasteiger partial charge is 0.248 e. The van der Waals surface area contributed by atoms with Crippen molar-refractivity contribution < 1.29 is 30.7 Å². The maximum atomic E-state index is 12.2. The van der Waals surface area contributed by atoms with Gasteiger partial charge in [-0.15, -0.1) is 18.9 Å². The van der Waals surface area contributed by atoms with E-state index in [9.17, 15) is 30.7 Å². The third kappa shape index (κ3) is 146. The fourth-order valence-corrected chi connectivity index (χ4v) is 6.37. The zero-order valence-corrected chi connectivity index (χ0v) is 64.7. The highest BCUT2D eigenvalue weighted by Crippen LogP contribution is 2.39. The summed E-state index contributed by atoms with van der Waals surface area (Å²) >= 11 is 4.10. The molecular formula is C77H153F7S. The number of thiol groups is 1. The van der Waals surface area contributed by atoms with Crippen molar-refractivity contribution in [2.75, 3.05) is 5.75 Å². The van der Waals surface area contributed by atoms with Crippen LogP contribution in [0.4, 0.5) is 30.7 Å². The van der Waals surface area contributed by atoms with Crippen LogP contribution in [0.1, 0.15) is 345 Å². The number of rotatable bonds is 10. The normalized spacial score (nSPS) is 13.6. The van der Waals surface area contributed by atoms with Crippen molar-refractivity contribution in [3.63, 3.8) is 0 Å². The van der Waals surface area contributed by atoms with Crippen LogP contribution in [0.15, 0.2) is 43.0 Å². The van der Waals surface area contributed by atoms with E-state index in [0.29, 0.717) is 45.3 Å². The third-order valence-electron chi connectivity index (χ3n) is 11.0. The summed E-state index contributed by atoms with van der Waals surface area (Å²) in [6.45, 7) is 77.7. The average Bonchev–Trinajstić information content (AvgIpc) is 4.03. The van der Waals surface area contributed by atoms with Crippen LogP contribution < -0.4 is 0 Å². The van der Waals surface area contributed by atoms with Gasteiger partial charge in [-0.3, -0.25) is 0 Å². The van der Waals surface area contributed by atoms with Crippen LogP contribution in [0.5, 0.6) is 0 Å². The summed E-state index contributed by atoms with van der Waals surface area (Å²) in [6.07, 6.45) is 14.0. The minimum atomic E-state index is -3.99. The lowest BCUT2D eigenvalue weighted by molar-refractivity contribution is -0.139. The van der Waals surface area contributed by atoms with Crippen molar-refractivity contribution in [3.8, 4) is 12.3 Å². The van der Waals surface area contributed by atoms with E-state index in [-0.39, 0.29) is 29.1 Å². The fourth-order valence-electron chi connectivity index (χ4n) is 6.37. The number of alkyl halides is 7. The van der Waals surface area contributed by atoms with Gasteiger partial charge in [0.25, 0.3) is 0 Å². The van der Waals surface area contributed by atoms with E-state index >= 15 is 0 Å². The van der Waals surface area contributed by atoms with Crippen molar-refractivity contribution in [2.24, 2.45) is 61.1 Å². The van der Waals surface area contributed by atoms with Gasteiger partial charge in [0, 0.05) is 19.3 Å². The van der Waals surface area contributed by atoms with Crippen LogP contribution in [-0.2, 0) is 5.41 Å². The molecule has 516 valence electrons. The van der Waals surface area contributed by atoms with Gasteiger partial charge in [-0.1, -0.05) is 297 Å². The number of halogens is 7. The van der Waals surface area contributed by atoms with Crippen LogP contribution in [0.25, 0.3) is 0 Å². The highest BCUT2D eigenvalue weighted by Gasteiger charge is 2.30. The predicted octanol–water partition coefficient (Wildman–Crippen LogP) is 29.3. The molecule has 85 heavy (non-hydrogen) atoms. The number of hydrogen-bond acceptors (Lipinski definition) is 1. The molecule has 2 rings (SSSR count). The van der Waals surface area contributed by atoms with Crippen LogP contribution in [-0.4, -0.2) is 30.2 Å². The molecule has 0 radical (unpaired) electrons. The van der Waals surface area contributed by atoms with Crippen LogP contribution >= 0.6 is 12.6 Å². The molecule has 0 N–H and O–H groups in total. The molecule has 0 bridgehead atoms. The largest absolute Gasteiger partial charge is 0.389 e. The van der Waals surface area contributed by atoms with Gasteiger partial charge >= 0.3 is 6.18 Å². The van der Waals surface area contributed by atoms with Gasteiger partial charge in [0.2, 0.25) is 5.92 Å². The molecule has 0 spiro atoms. The summed E-state index contributed by atoms with van der Waals surface area (Å²) in [4.78, 5) is 0. The molecule has 1 fully saturated rings. The zero-order valence-electron chi connectivity index (χ0n) is 63.8. The third-order valence-corrected chi connectivity index (χ3v) is 11.9. The Morgan fingerprint density at radius 3 is 0.988 bits per heavy atom. The topological polar surface area (TPSA) is 0 Å². The van der Waals surface area contributed by atoms with Gasteiger partial charge in [-0.25, -0.2) is 17.6 Å². The second kappa shape index (κ2) is 50.1. The first-order chi connectivity index (χ1) is 37.2. The molecule has 1 aliphatic carbocycles. The Kier molecular flexibility index (Phi) is 60.3. The molecule has 0 heterocycles. The van der Waals surface area contributed by atoms with Crippen LogP contribution in [0.3, 0.4) is 0 Å². The molecule has 8 heteroatoms. The van der Waals surface area contributed by atoms with Crippen molar-refractivity contribution >= 4 is 12.6 Å². The van der Waals surface area contributed by atoms with E-state index < -0.39 is 30.9 Å². The van der Waals surface area contributed by atoms with Gasteiger partial charge in [0.05, 0.1) is 12.3 Å². The first-order valence-corrected chi connectivity index (χ1v) is 33.2. The number of terminal acetylenes is 1. The van der Waals surface area contributed by atoms with Gasteiger partial charge in [0.1, 0.15) is 0 Å². The average molecular weight is 1240 g/mol. The lowest BCUT2D eigenvalue weighted by Crippen LogP contribution is -2.20. The molecule has 0 amide bonds. The molecule has 1 aromatic rings. The Hall–Kier alpha value is -1.62. The Bertz CT molecular complexity index is 1570. The monoisotopic (exact) mass is 1240 g/mol. The van der Waals surface area contributed by atoms with Crippen molar-refractivity contribution in [2.45, 2.75) is 369 Å². The maximum Gasteiger partial charge on any atom is 0.389 e. The fraction of sp³-hybridized carbons (Fsp3) is 0.870. The summed E-state index contributed by atoms with van der Waals surface area (Å²) in [5, 5.41) is 0. The van der Waals surface area contributed by atoms with E-state index in [2.05, 4.69) is 222 Å². The molecule has 0 aromatic heterocycles. The first-order valence-electron chi connectivity index (χ1n) is 32.6.